The van der Waals surface area contributed by atoms with E-state index < -0.39 is 0 Å². The second-order valence-electron chi connectivity index (χ2n) is 2.91. The number of hydrogen-bond acceptors (Lipinski definition) is 5. The molecule has 5 nitrogen and oxygen atoms in total. The van der Waals surface area contributed by atoms with Gasteiger partial charge in [-0.05, 0) is 12.1 Å². The van der Waals surface area contributed by atoms with Crippen LogP contribution in [0.25, 0.3) is 0 Å². The highest BCUT2D eigenvalue weighted by Crippen LogP contribution is 2.31. The van der Waals surface area contributed by atoms with E-state index in [1.54, 1.807) is 39.5 Å². The van der Waals surface area contributed by atoms with E-state index in [1.807, 2.05) is 0 Å². The molecule has 0 aromatic heterocycles. The van der Waals surface area contributed by atoms with Crippen molar-refractivity contribution in [1.82, 2.24) is 0 Å². The van der Waals surface area contributed by atoms with Gasteiger partial charge in [0.05, 0.1) is 7.11 Å². The van der Waals surface area contributed by atoms with E-state index in [-0.39, 0.29) is 13.6 Å². The third-order valence-corrected chi connectivity index (χ3v) is 1.81. The Labute approximate surface area is 94.8 Å². The Hall–Kier alpha value is -1.46. The van der Waals surface area contributed by atoms with Gasteiger partial charge in [-0.15, -0.1) is 0 Å². The number of methoxy groups -OCH3 is 3. The quantitative estimate of drug-likeness (QED) is 0.664. The summed E-state index contributed by atoms with van der Waals surface area (Å²) < 4.78 is 25.3. The second-order valence-corrected chi connectivity index (χ2v) is 2.91. The van der Waals surface area contributed by atoms with Crippen molar-refractivity contribution in [3.63, 3.8) is 0 Å². The topological polar surface area (TPSA) is 46.2 Å². The zero-order valence-corrected chi connectivity index (χ0v) is 9.69. The van der Waals surface area contributed by atoms with E-state index in [0.717, 1.165) is 0 Å². The number of benzene rings is 1. The van der Waals surface area contributed by atoms with E-state index in [1.165, 1.54) is 0 Å². The monoisotopic (exact) mass is 228 g/mol. The van der Waals surface area contributed by atoms with Crippen LogP contribution in [0.5, 0.6) is 17.2 Å². The Morgan fingerprint density at radius 2 is 1.56 bits per heavy atom. The van der Waals surface area contributed by atoms with E-state index in [9.17, 15) is 0 Å². The normalized spacial score (nSPS) is 9.94. The van der Waals surface area contributed by atoms with E-state index in [4.69, 9.17) is 23.7 Å². The van der Waals surface area contributed by atoms with Crippen LogP contribution in [0.3, 0.4) is 0 Å². The molecule has 0 amide bonds. The molecule has 0 atom stereocenters. The van der Waals surface area contributed by atoms with Gasteiger partial charge in [-0.1, -0.05) is 0 Å². The van der Waals surface area contributed by atoms with Gasteiger partial charge in [-0.25, -0.2) is 0 Å². The maximum Gasteiger partial charge on any atom is 0.188 e. The molecule has 1 rings (SSSR count). The van der Waals surface area contributed by atoms with Gasteiger partial charge in [0.1, 0.15) is 5.75 Å². The van der Waals surface area contributed by atoms with Gasteiger partial charge >= 0.3 is 0 Å². The average Bonchev–Trinajstić information content (AvgIpc) is 2.34. The maximum absolute atomic E-state index is 5.30. The molecule has 0 saturated carbocycles. The van der Waals surface area contributed by atoms with E-state index in [0.29, 0.717) is 17.2 Å². The molecular formula is C11H16O5. The van der Waals surface area contributed by atoms with Crippen molar-refractivity contribution in [2.45, 2.75) is 0 Å². The summed E-state index contributed by atoms with van der Waals surface area (Å²) in [6.07, 6.45) is 0. The number of hydrogen-bond donors (Lipinski definition) is 0. The molecule has 0 spiro atoms. The van der Waals surface area contributed by atoms with Gasteiger partial charge in [-0.2, -0.15) is 0 Å². The molecule has 0 aliphatic carbocycles. The van der Waals surface area contributed by atoms with Gasteiger partial charge in [0, 0.05) is 20.3 Å². The van der Waals surface area contributed by atoms with Crippen LogP contribution in [0.1, 0.15) is 0 Å². The highest BCUT2D eigenvalue weighted by atomic mass is 16.7. The first-order valence-corrected chi connectivity index (χ1v) is 4.73. The molecule has 1 aromatic rings. The summed E-state index contributed by atoms with van der Waals surface area (Å²) in [6.45, 7) is 0.371. The fourth-order valence-electron chi connectivity index (χ4n) is 1.11. The minimum Gasteiger partial charge on any atom is -0.493 e. The first-order valence-electron chi connectivity index (χ1n) is 4.73. The molecule has 16 heavy (non-hydrogen) atoms. The lowest BCUT2D eigenvalue weighted by molar-refractivity contribution is 0.0467. The van der Waals surface area contributed by atoms with Gasteiger partial charge in [0.2, 0.25) is 0 Å². The van der Waals surface area contributed by atoms with Crippen molar-refractivity contribution in [2.75, 3.05) is 34.9 Å². The fraction of sp³-hybridized carbons (Fsp3) is 0.455. The zero-order chi connectivity index (χ0) is 11.8. The fourth-order valence-corrected chi connectivity index (χ4v) is 1.11. The highest BCUT2D eigenvalue weighted by Gasteiger charge is 2.06. The average molecular weight is 228 g/mol. The highest BCUT2D eigenvalue weighted by molar-refractivity contribution is 5.45. The SMILES string of the molecule is COCOc1ccc(OCOC)c(OC)c1. The molecule has 0 saturated heterocycles. The van der Waals surface area contributed by atoms with Crippen LogP contribution in [0.15, 0.2) is 18.2 Å². The van der Waals surface area contributed by atoms with E-state index in [2.05, 4.69) is 0 Å². The molecule has 90 valence electrons. The third-order valence-electron chi connectivity index (χ3n) is 1.81. The molecule has 0 unspecified atom stereocenters. The van der Waals surface area contributed by atoms with Gasteiger partial charge in [0.25, 0.3) is 0 Å². The maximum atomic E-state index is 5.30. The Morgan fingerprint density at radius 1 is 0.875 bits per heavy atom. The first kappa shape index (κ1) is 12.6. The summed E-state index contributed by atoms with van der Waals surface area (Å²) in [4.78, 5) is 0. The lowest BCUT2D eigenvalue weighted by Crippen LogP contribution is -2.02. The summed E-state index contributed by atoms with van der Waals surface area (Å²) in [5.74, 6) is 1.85. The van der Waals surface area contributed by atoms with Crippen molar-refractivity contribution in [3.8, 4) is 17.2 Å². The lowest BCUT2D eigenvalue weighted by Gasteiger charge is -2.11. The summed E-state index contributed by atoms with van der Waals surface area (Å²) in [5.41, 5.74) is 0. The summed E-state index contributed by atoms with van der Waals surface area (Å²) >= 11 is 0. The molecule has 0 radical (unpaired) electrons. The summed E-state index contributed by atoms with van der Waals surface area (Å²) in [7, 11) is 4.69. The van der Waals surface area contributed by atoms with Crippen molar-refractivity contribution in [3.05, 3.63) is 18.2 Å². The van der Waals surface area contributed by atoms with E-state index >= 15 is 0 Å². The van der Waals surface area contributed by atoms with Crippen LogP contribution in [0.4, 0.5) is 0 Å². The molecule has 0 aliphatic rings. The first-order chi connectivity index (χ1) is 7.81. The van der Waals surface area contributed by atoms with Crippen LogP contribution in [0, 0.1) is 0 Å². The Kier molecular flexibility index (Phi) is 5.45. The summed E-state index contributed by atoms with van der Waals surface area (Å²) in [5, 5.41) is 0. The minimum absolute atomic E-state index is 0.175. The van der Waals surface area contributed by atoms with Crippen LogP contribution >= 0.6 is 0 Å². The molecule has 0 N–H and O–H groups in total. The van der Waals surface area contributed by atoms with Crippen molar-refractivity contribution < 1.29 is 23.7 Å². The predicted octanol–water partition coefficient (Wildman–Crippen LogP) is 1.66. The lowest BCUT2D eigenvalue weighted by atomic mass is 10.3. The van der Waals surface area contributed by atoms with Crippen molar-refractivity contribution in [2.24, 2.45) is 0 Å². The van der Waals surface area contributed by atoms with Gasteiger partial charge in [-0.3, -0.25) is 0 Å². The molecule has 0 heterocycles. The molecule has 0 bridgehead atoms. The Balaban J connectivity index is 2.71. The molecular weight excluding hydrogens is 212 g/mol. The minimum atomic E-state index is 0.175. The largest absolute Gasteiger partial charge is 0.493 e. The molecule has 1 aromatic carbocycles. The van der Waals surface area contributed by atoms with Gasteiger partial charge in [0.15, 0.2) is 25.1 Å². The smallest absolute Gasteiger partial charge is 0.188 e. The van der Waals surface area contributed by atoms with Crippen LogP contribution in [0.2, 0.25) is 0 Å². The van der Waals surface area contributed by atoms with Crippen LogP contribution in [-0.2, 0) is 9.47 Å². The summed E-state index contributed by atoms with van der Waals surface area (Å²) in [6, 6.07) is 5.25. The number of ether oxygens (including phenoxy) is 5. The second kappa shape index (κ2) is 6.92. The molecule has 0 aliphatic heterocycles. The standard InChI is InChI=1S/C11H16O5/c1-12-7-15-9-4-5-10(16-8-13-2)11(6-9)14-3/h4-6H,7-8H2,1-3H3. The van der Waals surface area contributed by atoms with Crippen molar-refractivity contribution in [1.29, 1.82) is 0 Å². The number of rotatable bonds is 7. The van der Waals surface area contributed by atoms with Crippen LogP contribution < -0.4 is 14.2 Å². The molecule has 0 fully saturated rings. The van der Waals surface area contributed by atoms with Crippen molar-refractivity contribution >= 4 is 0 Å². The molecule has 5 heteroatoms. The van der Waals surface area contributed by atoms with Crippen LogP contribution in [-0.4, -0.2) is 34.9 Å². The Bertz CT molecular complexity index is 313. The third kappa shape index (κ3) is 3.60. The van der Waals surface area contributed by atoms with Gasteiger partial charge < -0.3 is 23.7 Å². The predicted molar refractivity (Wildman–Crippen MR) is 58.0 cm³/mol. The zero-order valence-electron chi connectivity index (χ0n) is 9.69. The Morgan fingerprint density at radius 3 is 2.19 bits per heavy atom.